The zero-order valence-electron chi connectivity index (χ0n) is 33.8. The number of hydrogen-bond acceptors (Lipinski definition) is 6. The van der Waals surface area contributed by atoms with E-state index >= 15 is 0 Å². The molecule has 6 nitrogen and oxygen atoms in total. The Morgan fingerprint density at radius 2 is 0.945 bits per heavy atom. The standard InChI is InChI=1S/2C23H29NO2.2ClH.Ti/c2*1-6-7-8-13-26-20-11-9-19(10-12-20)24-16-18-14-17(2)15-21(22(18)25)23(3,4)5;;;/h2*6,9-12,14-16,25H,1,7-8,13H2,2-5H3;2*1H;/q;;;;+2/p-2. The van der Waals surface area contributed by atoms with E-state index < -0.39 is 17.0 Å². The quantitative estimate of drug-likeness (QED) is 0.0574. The summed E-state index contributed by atoms with van der Waals surface area (Å²) in [5.74, 6) is 2.27. The van der Waals surface area contributed by atoms with Gasteiger partial charge < -0.3 is 19.7 Å². The summed E-state index contributed by atoms with van der Waals surface area (Å²) < 4.78 is 11.3. The molecule has 0 aromatic heterocycles. The summed E-state index contributed by atoms with van der Waals surface area (Å²) in [6.07, 6.45) is 11.1. The molecule has 0 heterocycles. The molecule has 55 heavy (non-hydrogen) atoms. The van der Waals surface area contributed by atoms with Gasteiger partial charge >= 0.3 is 35.6 Å². The Morgan fingerprint density at radius 3 is 1.24 bits per heavy atom. The molecule has 2 N–H and O–H groups in total. The zero-order chi connectivity index (χ0) is 41.0. The van der Waals surface area contributed by atoms with Crippen molar-refractivity contribution in [3.8, 4) is 23.0 Å². The van der Waals surface area contributed by atoms with Gasteiger partial charge in [-0.2, -0.15) is 0 Å². The van der Waals surface area contributed by atoms with Crippen molar-refractivity contribution >= 4 is 42.4 Å². The number of nitrogens with zero attached hydrogens (tertiary/aromatic N) is 2. The summed E-state index contributed by atoms with van der Waals surface area (Å²) in [7, 11) is 9.78. The van der Waals surface area contributed by atoms with Crippen molar-refractivity contribution in [2.45, 2.75) is 91.9 Å². The molecule has 0 bridgehead atoms. The molecule has 0 saturated heterocycles. The van der Waals surface area contributed by atoms with Crippen molar-refractivity contribution in [3.63, 3.8) is 0 Å². The first kappa shape index (κ1) is 47.3. The maximum atomic E-state index is 10.6. The maximum absolute atomic E-state index is 10.6. The van der Waals surface area contributed by atoms with Crippen molar-refractivity contribution in [2.75, 3.05) is 13.2 Å². The minimum atomic E-state index is -0.556. The van der Waals surface area contributed by atoms with E-state index in [9.17, 15) is 10.2 Å². The van der Waals surface area contributed by atoms with Crippen LogP contribution < -0.4 is 9.47 Å². The number of allylic oxidation sites excluding steroid dienone is 2. The van der Waals surface area contributed by atoms with Gasteiger partial charge in [0.1, 0.15) is 23.0 Å². The second-order valence-electron chi connectivity index (χ2n) is 15.1. The number of phenolic OH excluding ortho intramolecular Hbond substituents is 2. The average molecular weight is 822 g/mol. The van der Waals surface area contributed by atoms with Crippen molar-refractivity contribution < 1.29 is 36.7 Å². The molecule has 0 aliphatic carbocycles. The molecular formula is C46H58Cl2N2O4Ti. The molecular weight excluding hydrogens is 763 g/mol. The Morgan fingerprint density at radius 1 is 0.618 bits per heavy atom. The first-order valence-corrected chi connectivity index (χ1v) is 22.7. The van der Waals surface area contributed by atoms with E-state index in [1.165, 1.54) is 0 Å². The van der Waals surface area contributed by atoms with Crippen molar-refractivity contribution in [1.82, 2.24) is 0 Å². The fourth-order valence-electron chi connectivity index (χ4n) is 5.33. The van der Waals surface area contributed by atoms with Gasteiger partial charge in [-0.1, -0.05) is 65.8 Å². The number of hydrogen-bond donors (Lipinski definition) is 2. The van der Waals surface area contributed by atoms with E-state index in [2.05, 4.69) is 64.7 Å². The van der Waals surface area contributed by atoms with E-state index in [0.29, 0.717) is 24.7 Å². The molecule has 0 aliphatic rings. The monoisotopic (exact) mass is 820 g/mol. The molecule has 4 aromatic rings. The van der Waals surface area contributed by atoms with Crippen molar-refractivity contribution in [2.24, 2.45) is 9.98 Å². The second kappa shape index (κ2) is 24.0. The third-order valence-corrected chi connectivity index (χ3v) is 8.20. The first-order chi connectivity index (χ1) is 26.0. The fraction of sp³-hybridized carbons (Fsp3) is 0.348. The number of halogens is 2. The predicted octanol–water partition coefficient (Wildman–Crippen LogP) is 13.6. The number of rotatable bonds is 14. The van der Waals surface area contributed by atoms with E-state index in [0.717, 1.165) is 81.9 Å². The third kappa shape index (κ3) is 17.3. The Bertz CT molecular complexity index is 1710. The van der Waals surface area contributed by atoms with Crippen LogP contribution in [0.5, 0.6) is 23.0 Å². The summed E-state index contributed by atoms with van der Waals surface area (Å²) in [4.78, 5) is 9.00. The first-order valence-electron chi connectivity index (χ1n) is 18.4. The molecule has 0 amide bonds. The van der Waals surface area contributed by atoms with Crippen LogP contribution in [0, 0.1) is 13.8 Å². The number of unbranched alkanes of at least 4 members (excludes halogenated alkanes) is 2. The summed E-state index contributed by atoms with van der Waals surface area (Å²) >= 11 is -0.556. The van der Waals surface area contributed by atoms with Gasteiger partial charge in [0, 0.05) is 34.7 Å². The molecule has 0 atom stereocenters. The molecule has 0 aliphatic heterocycles. The van der Waals surface area contributed by atoms with Crippen LogP contribution in [0.25, 0.3) is 0 Å². The summed E-state index contributed by atoms with van der Waals surface area (Å²) in [5.41, 5.74) is 6.95. The number of aliphatic imine (C=N–C) groups is 2. The van der Waals surface area contributed by atoms with Crippen LogP contribution in [0.3, 0.4) is 0 Å². The van der Waals surface area contributed by atoms with Gasteiger partial charge in [0.05, 0.1) is 24.6 Å². The van der Waals surface area contributed by atoms with E-state index in [-0.39, 0.29) is 10.8 Å². The van der Waals surface area contributed by atoms with E-state index in [1.807, 2.05) is 98.8 Å². The van der Waals surface area contributed by atoms with Crippen LogP contribution in [0.1, 0.15) is 101 Å². The van der Waals surface area contributed by atoms with Crippen LogP contribution in [-0.2, 0) is 27.9 Å². The Hall–Kier alpha value is -3.81. The van der Waals surface area contributed by atoms with Crippen LogP contribution in [0.4, 0.5) is 11.4 Å². The van der Waals surface area contributed by atoms with Crippen molar-refractivity contribution in [3.05, 3.63) is 131 Å². The molecule has 0 saturated carbocycles. The summed E-state index contributed by atoms with van der Waals surface area (Å²) in [6.45, 7) is 25.4. The molecule has 0 radical (unpaired) electrons. The van der Waals surface area contributed by atoms with Gasteiger partial charge in [0.15, 0.2) is 0 Å². The van der Waals surface area contributed by atoms with Crippen LogP contribution in [0.15, 0.2) is 108 Å². The number of aryl methyl sites for hydroxylation is 2. The molecule has 294 valence electrons. The molecule has 9 heteroatoms. The number of aromatic hydroxyl groups is 2. The topological polar surface area (TPSA) is 83.6 Å². The molecule has 4 aromatic carbocycles. The zero-order valence-corrected chi connectivity index (χ0v) is 36.8. The van der Waals surface area contributed by atoms with Gasteiger partial charge in [-0.05, 0) is 122 Å². The molecule has 0 spiro atoms. The number of benzene rings is 4. The third-order valence-electron chi connectivity index (χ3n) is 8.20. The summed E-state index contributed by atoms with van der Waals surface area (Å²) in [5, 5.41) is 21.2. The minimum absolute atomic E-state index is 0.122. The van der Waals surface area contributed by atoms with Crippen molar-refractivity contribution in [1.29, 1.82) is 0 Å². The summed E-state index contributed by atoms with van der Waals surface area (Å²) in [6, 6.07) is 23.3. The number of ether oxygens (including phenoxy) is 2. The normalized spacial score (nSPS) is 11.3. The fourth-order valence-corrected chi connectivity index (χ4v) is 5.33. The molecule has 0 fully saturated rings. The van der Waals surface area contributed by atoms with Crippen LogP contribution >= 0.6 is 18.6 Å². The Kier molecular flexibility index (Phi) is 20.6. The second-order valence-corrected chi connectivity index (χ2v) is 17.7. The van der Waals surface area contributed by atoms with Gasteiger partial charge in [0.2, 0.25) is 0 Å². The SMILES string of the molecule is C=CCCCOc1ccc(N=Cc2cc(C)cc(C(C)(C)C)c2O)cc1.C=CCCCOc1ccc(N=Cc2cc(C)cc(C(C)(C)C)c2O)cc1.[Cl][Ti][Cl]. The van der Waals surface area contributed by atoms with Gasteiger partial charge in [-0.3, -0.25) is 9.98 Å². The van der Waals surface area contributed by atoms with Gasteiger partial charge in [-0.25, -0.2) is 0 Å². The van der Waals surface area contributed by atoms with Gasteiger partial charge in [0.25, 0.3) is 0 Å². The Labute approximate surface area is 346 Å². The van der Waals surface area contributed by atoms with Crippen LogP contribution in [-0.4, -0.2) is 35.9 Å². The average Bonchev–Trinajstić information content (AvgIpc) is 3.13. The van der Waals surface area contributed by atoms with Crippen LogP contribution in [0.2, 0.25) is 0 Å². The molecule has 4 rings (SSSR count). The van der Waals surface area contributed by atoms with Gasteiger partial charge in [-0.15, -0.1) is 13.2 Å². The van der Waals surface area contributed by atoms with E-state index in [1.54, 1.807) is 12.4 Å². The van der Waals surface area contributed by atoms with E-state index in [4.69, 9.17) is 28.1 Å². The Balaban J connectivity index is 0.000000355. The molecule has 0 unspecified atom stereocenters. The number of phenols is 2. The predicted molar refractivity (Wildman–Crippen MR) is 232 cm³/mol.